The Labute approximate surface area is 75.9 Å². The average molecular weight is 171 g/mol. The van der Waals surface area contributed by atoms with Crippen LogP contribution in [0.5, 0.6) is 0 Å². The summed E-state index contributed by atoms with van der Waals surface area (Å²) < 4.78 is 0. The van der Waals surface area contributed by atoms with Crippen LogP contribution in [0.15, 0.2) is 0 Å². The van der Waals surface area contributed by atoms with Gasteiger partial charge in [0.1, 0.15) is 5.78 Å². The standard InChI is InChI=1S/C10H21NO/c1-5-9(10(12)6-2)11(7-3)8-4/h9H,5-8H2,1-4H3/t9-/m0/s1. The van der Waals surface area contributed by atoms with Crippen LogP contribution in [0.1, 0.15) is 40.5 Å². The Kier molecular flexibility index (Phi) is 5.99. The summed E-state index contributed by atoms with van der Waals surface area (Å²) in [7, 11) is 0. The highest BCUT2D eigenvalue weighted by atomic mass is 16.1. The molecule has 0 aromatic rings. The molecule has 0 fully saturated rings. The van der Waals surface area contributed by atoms with Crippen LogP contribution in [0.2, 0.25) is 0 Å². The molecule has 0 heterocycles. The van der Waals surface area contributed by atoms with Crippen molar-refractivity contribution in [3.05, 3.63) is 0 Å². The summed E-state index contributed by atoms with van der Waals surface area (Å²) in [5.41, 5.74) is 0. The molecule has 0 saturated heterocycles. The number of carbonyl (C=O) groups is 1. The maximum atomic E-state index is 11.5. The normalized spacial score (nSPS) is 13.4. The van der Waals surface area contributed by atoms with Gasteiger partial charge in [0.15, 0.2) is 0 Å². The van der Waals surface area contributed by atoms with E-state index in [1.165, 1.54) is 0 Å². The molecule has 0 radical (unpaired) electrons. The van der Waals surface area contributed by atoms with E-state index in [-0.39, 0.29) is 6.04 Å². The summed E-state index contributed by atoms with van der Waals surface area (Å²) in [6.45, 7) is 10.2. The maximum absolute atomic E-state index is 11.5. The van der Waals surface area contributed by atoms with Gasteiger partial charge in [-0.25, -0.2) is 0 Å². The Hall–Kier alpha value is -0.370. The van der Waals surface area contributed by atoms with Crippen molar-refractivity contribution in [2.24, 2.45) is 0 Å². The number of hydrogen-bond donors (Lipinski definition) is 0. The minimum Gasteiger partial charge on any atom is -0.298 e. The largest absolute Gasteiger partial charge is 0.298 e. The Morgan fingerprint density at radius 3 is 1.92 bits per heavy atom. The van der Waals surface area contributed by atoms with Gasteiger partial charge in [-0.2, -0.15) is 0 Å². The van der Waals surface area contributed by atoms with Crippen LogP contribution >= 0.6 is 0 Å². The Morgan fingerprint density at radius 1 is 1.17 bits per heavy atom. The van der Waals surface area contributed by atoms with Crippen LogP contribution in [-0.4, -0.2) is 29.8 Å². The summed E-state index contributed by atoms with van der Waals surface area (Å²) in [6, 6.07) is 0.157. The predicted molar refractivity (Wildman–Crippen MR) is 52.3 cm³/mol. The average Bonchev–Trinajstić information content (AvgIpc) is 2.12. The molecular formula is C10H21NO. The molecule has 0 spiro atoms. The fourth-order valence-corrected chi connectivity index (χ4v) is 1.59. The van der Waals surface area contributed by atoms with Gasteiger partial charge in [0.25, 0.3) is 0 Å². The highest BCUT2D eigenvalue weighted by Crippen LogP contribution is 2.06. The molecule has 0 unspecified atom stereocenters. The number of nitrogens with zero attached hydrogens (tertiary/aromatic N) is 1. The third kappa shape index (κ3) is 2.94. The van der Waals surface area contributed by atoms with Gasteiger partial charge in [0, 0.05) is 6.42 Å². The van der Waals surface area contributed by atoms with Gasteiger partial charge < -0.3 is 0 Å². The van der Waals surface area contributed by atoms with E-state index >= 15 is 0 Å². The molecule has 0 aromatic heterocycles. The minimum absolute atomic E-state index is 0.157. The summed E-state index contributed by atoms with van der Waals surface area (Å²) in [5, 5.41) is 0. The van der Waals surface area contributed by atoms with Crippen molar-refractivity contribution >= 4 is 5.78 Å². The topological polar surface area (TPSA) is 20.3 Å². The number of Topliss-reactive ketones (excluding diaryl/α,β-unsaturated/α-hetero) is 1. The molecule has 0 rings (SSSR count). The summed E-state index contributed by atoms with van der Waals surface area (Å²) >= 11 is 0. The number of rotatable bonds is 6. The van der Waals surface area contributed by atoms with Crippen LogP contribution in [0, 0.1) is 0 Å². The van der Waals surface area contributed by atoms with E-state index in [1.54, 1.807) is 0 Å². The van der Waals surface area contributed by atoms with E-state index in [0.717, 1.165) is 19.5 Å². The van der Waals surface area contributed by atoms with Crippen LogP contribution in [0.3, 0.4) is 0 Å². The molecule has 2 nitrogen and oxygen atoms in total. The van der Waals surface area contributed by atoms with Crippen molar-refractivity contribution in [3.63, 3.8) is 0 Å². The van der Waals surface area contributed by atoms with E-state index in [2.05, 4.69) is 25.7 Å². The summed E-state index contributed by atoms with van der Waals surface area (Å²) in [4.78, 5) is 13.7. The zero-order valence-electron chi connectivity index (χ0n) is 8.76. The van der Waals surface area contributed by atoms with Gasteiger partial charge in [-0.3, -0.25) is 9.69 Å². The molecule has 0 aliphatic rings. The third-order valence-corrected chi connectivity index (χ3v) is 2.36. The van der Waals surface area contributed by atoms with Crippen molar-refractivity contribution in [1.29, 1.82) is 0 Å². The second-order valence-electron chi connectivity index (χ2n) is 2.97. The number of hydrogen-bond acceptors (Lipinski definition) is 2. The van der Waals surface area contributed by atoms with E-state index in [0.29, 0.717) is 12.2 Å². The van der Waals surface area contributed by atoms with Gasteiger partial charge in [-0.05, 0) is 19.5 Å². The molecular weight excluding hydrogens is 150 g/mol. The first-order valence-electron chi connectivity index (χ1n) is 4.97. The lowest BCUT2D eigenvalue weighted by atomic mass is 10.1. The fourth-order valence-electron chi connectivity index (χ4n) is 1.59. The molecule has 0 bridgehead atoms. The highest BCUT2D eigenvalue weighted by molar-refractivity contribution is 5.83. The minimum atomic E-state index is 0.157. The SMILES string of the molecule is CCC(=O)[C@H](CC)N(CC)CC. The first-order chi connectivity index (χ1) is 5.71. The van der Waals surface area contributed by atoms with Crippen molar-refractivity contribution in [3.8, 4) is 0 Å². The Bertz CT molecular complexity index is 130. The molecule has 12 heavy (non-hydrogen) atoms. The molecule has 0 aliphatic heterocycles. The van der Waals surface area contributed by atoms with Gasteiger partial charge in [0.2, 0.25) is 0 Å². The number of ketones is 1. The van der Waals surface area contributed by atoms with E-state index in [4.69, 9.17) is 0 Å². The smallest absolute Gasteiger partial charge is 0.149 e. The maximum Gasteiger partial charge on any atom is 0.149 e. The predicted octanol–water partition coefficient (Wildman–Crippen LogP) is 2.09. The fraction of sp³-hybridized carbons (Fsp3) is 0.900. The molecule has 0 amide bonds. The van der Waals surface area contributed by atoms with Crippen molar-refractivity contribution in [1.82, 2.24) is 4.90 Å². The Balaban J connectivity index is 4.19. The van der Waals surface area contributed by atoms with Gasteiger partial charge in [-0.1, -0.05) is 27.7 Å². The van der Waals surface area contributed by atoms with Gasteiger partial charge >= 0.3 is 0 Å². The molecule has 0 aliphatic carbocycles. The van der Waals surface area contributed by atoms with Crippen LogP contribution in [-0.2, 0) is 4.79 Å². The number of likely N-dealkylation sites (N-methyl/N-ethyl adjacent to an activating group) is 1. The van der Waals surface area contributed by atoms with Crippen molar-refractivity contribution in [2.75, 3.05) is 13.1 Å². The summed E-state index contributed by atoms with van der Waals surface area (Å²) in [6.07, 6.45) is 1.60. The van der Waals surface area contributed by atoms with Gasteiger partial charge in [-0.15, -0.1) is 0 Å². The van der Waals surface area contributed by atoms with Gasteiger partial charge in [0.05, 0.1) is 6.04 Å². The number of carbonyl (C=O) groups excluding carboxylic acids is 1. The second kappa shape index (κ2) is 6.18. The molecule has 0 saturated carbocycles. The quantitative estimate of drug-likeness (QED) is 0.610. The zero-order valence-corrected chi connectivity index (χ0v) is 8.76. The molecule has 72 valence electrons. The van der Waals surface area contributed by atoms with E-state index < -0.39 is 0 Å². The third-order valence-electron chi connectivity index (χ3n) is 2.36. The van der Waals surface area contributed by atoms with Crippen LogP contribution < -0.4 is 0 Å². The van der Waals surface area contributed by atoms with E-state index in [9.17, 15) is 4.79 Å². The molecule has 0 aromatic carbocycles. The highest BCUT2D eigenvalue weighted by Gasteiger charge is 2.19. The molecule has 2 heteroatoms. The first kappa shape index (κ1) is 11.6. The lowest BCUT2D eigenvalue weighted by Gasteiger charge is -2.27. The summed E-state index contributed by atoms with van der Waals surface area (Å²) in [5.74, 6) is 0.376. The lowest BCUT2D eigenvalue weighted by molar-refractivity contribution is -0.124. The van der Waals surface area contributed by atoms with Crippen LogP contribution in [0.4, 0.5) is 0 Å². The second-order valence-corrected chi connectivity index (χ2v) is 2.97. The first-order valence-corrected chi connectivity index (χ1v) is 4.97. The molecule has 1 atom stereocenters. The molecule has 0 N–H and O–H groups in total. The van der Waals surface area contributed by atoms with Crippen molar-refractivity contribution < 1.29 is 4.79 Å². The Morgan fingerprint density at radius 2 is 1.67 bits per heavy atom. The monoisotopic (exact) mass is 171 g/mol. The van der Waals surface area contributed by atoms with Crippen LogP contribution in [0.25, 0.3) is 0 Å². The van der Waals surface area contributed by atoms with Crippen molar-refractivity contribution in [2.45, 2.75) is 46.6 Å². The van der Waals surface area contributed by atoms with E-state index in [1.807, 2.05) is 6.92 Å². The zero-order chi connectivity index (χ0) is 9.56. The lowest BCUT2D eigenvalue weighted by Crippen LogP contribution is -2.40.